The lowest BCUT2D eigenvalue weighted by molar-refractivity contribution is 0.0897. The first-order chi connectivity index (χ1) is 8.31. The number of hydrogen-bond acceptors (Lipinski definition) is 2. The smallest absolute Gasteiger partial charge is 0.0101 e. The highest BCUT2D eigenvalue weighted by Crippen LogP contribution is 2.32. The zero-order valence-corrected chi connectivity index (χ0v) is 11.5. The van der Waals surface area contributed by atoms with Crippen LogP contribution in [0, 0.1) is 5.92 Å². The maximum absolute atomic E-state index is 5.71. The van der Waals surface area contributed by atoms with Crippen molar-refractivity contribution in [1.29, 1.82) is 0 Å². The van der Waals surface area contributed by atoms with Crippen LogP contribution in [0.15, 0.2) is 0 Å². The van der Waals surface area contributed by atoms with Gasteiger partial charge in [-0.1, -0.05) is 32.6 Å². The Morgan fingerprint density at radius 1 is 1.00 bits per heavy atom. The minimum atomic E-state index is 0.853. The van der Waals surface area contributed by atoms with Gasteiger partial charge in [-0.25, -0.2) is 0 Å². The SMILES string of the molecule is CC1CCCC(N(CCCN)C2CCCC2)C1. The lowest BCUT2D eigenvalue weighted by Crippen LogP contribution is -2.45. The van der Waals surface area contributed by atoms with Gasteiger partial charge in [0.2, 0.25) is 0 Å². The Labute approximate surface area is 107 Å². The second-order valence-corrected chi connectivity index (χ2v) is 6.24. The van der Waals surface area contributed by atoms with Crippen molar-refractivity contribution in [3.8, 4) is 0 Å². The van der Waals surface area contributed by atoms with E-state index in [0.29, 0.717) is 0 Å². The summed E-state index contributed by atoms with van der Waals surface area (Å²) < 4.78 is 0. The topological polar surface area (TPSA) is 29.3 Å². The van der Waals surface area contributed by atoms with E-state index in [0.717, 1.165) is 24.5 Å². The molecule has 2 atom stereocenters. The van der Waals surface area contributed by atoms with Crippen LogP contribution >= 0.6 is 0 Å². The minimum Gasteiger partial charge on any atom is -0.330 e. The zero-order valence-electron chi connectivity index (χ0n) is 11.5. The molecule has 0 amide bonds. The molecule has 0 aromatic carbocycles. The Hall–Kier alpha value is -0.0800. The Balaban J connectivity index is 1.92. The first-order valence-corrected chi connectivity index (χ1v) is 7.77. The second kappa shape index (κ2) is 6.75. The molecule has 0 aromatic rings. The molecule has 2 N–H and O–H groups in total. The summed E-state index contributed by atoms with van der Waals surface area (Å²) in [6.45, 7) is 4.53. The van der Waals surface area contributed by atoms with Crippen molar-refractivity contribution < 1.29 is 0 Å². The number of rotatable bonds is 5. The molecule has 2 heteroatoms. The van der Waals surface area contributed by atoms with Gasteiger partial charge in [0.25, 0.3) is 0 Å². The van der Waals surface area contributed by atoms with Gasteiger partial charge in [-0.2, -0.15) is 0 Å². The van der Waals surface area contributed by atoms with Crippen molar-refractivity contribution in [3.05, 3.63) is 0 Å². The Morgan fingerprint density at radius 3 is 2.35 bits per heavy atom. The molecule has 0 aliphatic heterocycles. The highest BCUT2D eigenvalue weighted by atomic mass is 15.2. The van der Waals surface area contributed by atoms with Gasteiger partial charge < -0.3 is 5.73 Å². The molecule has 0 bridgehead atoms. The molecule has 17 heavy (non-hydrogen) atoms. The lowest BCUT2D eigenvalue weighted by Gasteiger charge is -2.40. The molecule has 0 saturated heterocycles. The van der Waals surface area contributed by atoms with Crippen molar-refractivity contribution in [2.45, 2.75) is 76.8 Å². The third-order valence-electron chi connectivity index (χ3n) is 4.79. The summed E-state index contributed by atoms with van der Waals surface area (Å²) in [6.07, 6.45) is 12.7. The van der Waals surface area contributed by atoms with Crippen LogP contribution in [0.3, 0.4) is 0 Å². The van der Waals surface area contributed by atoms with E-state index in [-0.39, 0.29) is 0 Å². The number of hydrogen-bond donors (Lipinski definition) is 1. The average molecular weight is 238 g/mol. The van der Waals surface area contributed by atoms with Crippen LogP contribution in [0.5, 0.6) is 0 Å². The zero-order chi connectivity index (χ0) is 12.1. The summed E-state index contributed by atoms with van der Waals surface area (Å²) in [7, 11) is 0. The van der Waals surface area contributed by atoms with E-state index < -0.39 is 0 Å². The molecule has 0 spiro atoms. The molecule has 0 radical (unpaired) electrons. The molecule has 100 valence electrons. The standard InChI is InChI=1S/C15H30N2/c1-13-6-4-9-15(12-13)17(11-5-10-16)14-7-2-3-8-14/h13-15H,2-12,16H2,1H3. The van der Waals surface area contributed by atoms with Crippen molar-refractivity contribution >= 4 is 0 Å². The van der Waals surface area contributed by atoms with Crippen LogP contribution in [0.4, 0.5) is 0 Å². The van der Waals surface area contributed by atoms with E-state index in [2.05, 4.69) is 11.8 Å². The second-order valence-electron chi connectivity index (χ2n) is 6.24. The van der Waals surface area contributed by atoms with Crippen LogP contribution in [-0.2, 0) is 0 Å². The molecule has 2 rings (SSSR count). The third-order valence-corrected chi connectivity index (χ3v) is 4.79. The predicted octanol–water partition coefficient (Wildman–Crippen LogP) is 3.16. The van der Waals surface area contributed by atoms with Crippen LogP contribution in [0.25, 0.3) is 0 Å². The summed E-state index contributed by atoms with van der Waals surface area (Å²) in [5.74, 6) is 0.940. The summed E-state index contributed by atoms with van der Waals surface area (Å²) >= 11 is 0. The van der Waals surface area contributed by atoms with E-state index >= 15 is 0 Å². The number of nitrogens with zero attached hydrogens (tertiary/aromatic N) is 1. The lowest BCUT2D eigenvalue weighted by atomic mass is 9.85. The maximum atomic E-state index is 5.71. The van der Waals surface area contributed by atoms with Crippen LogP contribution in [-0.4, -0.2) is 30.1 Å². The van der Waals surface area contributed by atoms with Crippen molar-refractivity contribution in [2.24, 2.45) is 11.7 Å². The molecular weight excluding hydrogens is 208 g/mol. The fraction of sp³-hybridized carbons (Fsp3) is 1.00. The molecule has 0 heterocycles. The van der Waals surface area contributed by atoms with Gasteiger partial charge in [-0.15, -0.1) is 0 Å². The van der Waals surface area contributed by atoms with Crippen LogP contribution < -0.4 is 5.73 Å². The Morgan fingerprint density at radius 2 is 1.71 bits per heavy atom. The van der Waals surface area contributed by atoms with E-state index in [1.54, 1.807) is 0 Å². The molecule has 0 aromatic heterocycles. The Bertz CT molecular complexity index is 211. The fourth-order valence-corrected chi connectivity index (χ4v) is 3.88. The number of nitrogens with two attached hydrogens (primary N) is 1. The van der Waals surface area contributed by atoms with E-state index in [9.17, 15) is 0 Å². The monoisotopic (exact) mass is 238 g/mol. The minimum absolute atomic E-state index is 0.853. The van der Waals surface area contributed by atoms with Gasteiger partial charge in [-0.3, -0.25) is 4.90 Å². The molecule has 2 fully saturated rings. The van der Waals surface area contributed by atoms with Gasteiger partial charge in [-0.05, 0) is 51.1 Å². The average Bonchev–Trinajstić information content (AvgIpc) is 2.83. The normalized spacial score (nSPS) is 31.2. The molecule has 2 nitrogen and oxygen atoms in total. The fourth-order valence-electron chi connectivity index (χ4n) is 3.88. The van der Waals surface area contributed by atoms with Gasteiger partial charge in [0.15, 0.2) is 0 Å². The quantitative estimate of drug-likeness (QED) is 0.797. The van der Waals surface area contributed by atoms with E-state index in [4.69, 9.17) is 5.73 Å². The van der Waals surface area contributed by atoms with Gasteiger partial charge in [0, 0.05) is 12.1 Å². The van der Waals surface area contributed by atoms with Crippen molar-refractivity contribution in [3.63, 3.8) is 0 Å². The van der Waals surface area contributed by atoms with Crippen LogP contribution in [0.1, 0.15) is 64.7 Å². The third kappa shape index (κ3) is 3.69. The highest BCUT2D eigenvalue weighted by Gasteiger charge is 2.30. The van der Waals surface area contributed by atoms with Gasteiger partial charge in [0.1, 0.15) is 0 Å². The van der Waals surface area contributed by atoms with E-state index in [1.165, 1.54) is 64.3 Å². The van der Waals surface area contributed by atoms with Gasteiger partial charge in [0.05, 0.1) is 0 Å². The van der Waals surface area contributed by atoms with Gasteiger partial charge >= 0.3 is 0 Å². The van der Waals surface area contributed by atoms with Crippen LogP contribution in [0.2, 0.25) is 0 Å². The highest BCUT2D eigenvalue weighted by molar-refractivity contribution is 4.86. The summed E-state index contributed by atoms with van der Waals surface area (Å²) in [5, 5.41) is 0. The Kier molecular flexibility index (Phi) is 5.30. The summed E-state index contributed by atoms with van der Waals surface area (Å²) in [6, 6.07) is 1.75. The summed E-state index contributed by atoms with van der Waals surface area (Å²) in [4.78, 5) is 2.84. The van der Waals surface area contributed by atoms with Crippen molar-refractivity contribution in [1.82, 2.24) is 4.90 Å². The first-order valence-electron chi connectivity index (χ1n) is 7.77. The maximum Gasteiger partial charge on any atom is 0.0101 e. The molecule has 2 aliphatic rings. The molecule has 2 saturated carbocycles. The van der Waals surface area contributed by atoms with Crippen molar-refractivity contribution in [2.75, 3.05) is 13.1 Å². The first kappa shape index (κ1) is 13.4. The van der Waals surface area contributed by atoms with E-state index in [1.807, 2.05) is 0 Å². The molecule has 2 aliphatic carbocycles. The molecule has 2 unspecified atom stereocenters. The molecular formula is C15H30N2. The summed E-state index contributed by atoms with van der Waals surface area (Å²) in [5.41, 5.74) is 5.71. The largest absolute Gasteiger partial charge is 0.330 e. The predicted molar refractivity (Wildman–Crippen MR) is 74.1 cm³/mol.